The lowest BCUT2D eigenvalue weighted by molar-refractivity contribution is 0.167. The van der Waals surface area contributed by atoms with Crippen LogP contribution in [0.4, 0.5) is 0 Å². The van der Waals surface area contributed by atoms with Gasteiger partial charge in [0, 0.05) is 12.6 Å². The van der Waals surface area contributed by atoms with Crippen molar-refractivity contribution in [3.63, 3.8) is 0 Å². The molecule has 1 atom stereocenters. The molecule has 0 amide bonds. The van der Waals surface area contributed by atoms with Crippen LogP contribution in [-0.4, -0.2) is 21.6 Å². The van der Waals surface area contributed by atoms with E-state index < -0.39 is 6.10 Å². The first-order chi connectivity index (χ1) is 10.7. The van der Waals surface area contributed by atoms with Crippen LogP contribution in [0.5, 0.6) is 5.75 Å². The molecule has 0 bridgehead atoms. The maximum Gasteiger partial charge on any atom is 0.137 e. The molecule has 0 saturated heterocycles. The van der Waals surface area contributed by atoms with Gasteiger partial charge in [0.1, 0.15) is 11.4 Å². The average molecular weight is 296 g/mol. The van der Waals surface area contributed by atoms with Crippen LogP contribution in [0.2, 0.25) is 0 Å². The van der Waals surface area contributed by atoms with Crippen LogP contribution in [0.1, 0.15) is 36.4 Å². The zero-order chi connectivity index (χ0) is 15.5. The van der Waals surface area contributed by atoms with E-state index in [9.17, 15) is 5.11 Å². The van der Waals surface area contributed by atoms with Gasteiger partial charge in [-0.2, -0.15) is 0 Å². The number of pyridine rings is 1. The van der Waals surface area contributed by atoms with Crippen molar-refractivity contribution in [3.05, 3.63) is 65.6 Å². The Morgan fingerprint density at radius 2 is 1.95 bits per heavy atom. The molecule has 3 aromatic rings. The first-order valence-corrected chi connectivity index (χ1v) is 7.49. The van der Waals surface area contributed by atoms with E-state index >= 15 is 0 Å². The molecule has 1 aromatic carbocycles. The van der Waals surface area contributed by atoms with Gasteiger partial charge in [0.2, 0.25) is 0 Å². The number of hydrogen-bond donors (Lipinski definition) is 1. The molecule has 0 aliphatic rings. The number of benzene rings is 1. The van der Waals surface area contributed by atoms with Crippen molar-refractivity contribution in [1.29, 1.82) is 0 Å². The van der Waals surface area contributed by atoms with Gasteiger partial charge in [0.25, 0.3) is 0 Å². The van der Waals surface area contributed by atoms with Crippen LogP contribution < -0.4 is 4.74 Å². The number of aliphatic hydroxyl groups excluding tert-OH is 1. The predicted molar refractivity (Wildman–Crippen MR) is 86.2 cm³/mol. The van der Waals surface area contributed by atoms with Crippen LogP contribution >= 0.6 is 0 Å². The molecule has 0 saturated carbocycles. The summed E-state index contributed by atoms with van der Waals surface area (Å²) in [5.41, 5.74) is 3.82. The number of aromatic nitrogens is 2. The number of nitrogens with zero attached hydrogens (tertiary/aromatic N) is 2. The summed E-state index contributed by atoms with van der Waals surface area (Å²) in [6.07, 6.45) is 2.80. The van der Waals surface area contributed by atoms with E-state index in [0.717, 1.165) is 28.3 Å². The van der Waals surface area contributed by atoms with Crippen molar-refractivity contribution in [3.8, 4) is 5.75 Å². The van der Waals surface area contributed by atoms with Crippen LogP contribution in [-0.2, 0) is 6.42 Å². The third-order valence-corrected chi connectivity index (χ3v) is 3.88. The number of hydrogen-bond acceptors (Lipinski definition) is 3. The highest BCUT2D eigenvalue weighted by Crippen LogP contribution is 2.25. The Labute approximate surface area is 130 Å². The van der Waals surface area contributed by atoms with E-state index in [0.29, 0.717) is 12.8 Å². The smallest absolute Gasteiger partial charge is 0.137 e. The number of rotatable bonds is 5. The van der Waals surface area contributed by atoms with Crippen LogP contribution in [0, 0.1) is 0 Å². The highest BCUT2D eigenvalue weighted by atomic mass is 16.5. The number of methoxy groups -OCH3 is 1. The highest BCUT2D eigenvalue weighted by Gasteiger charge is 2.18. The second-order valence-electron chi connectivity index (χ2n) is 5.32. The minimum absolute atomic E-state index is 0.509. The Morgan fingerprint density at radius 3 is 2.64 bits per heavy atom. The molecule has 2 heterocycles. The summed E-state index contributed by atoms with van der Waals surface area (Å²) in [5.74, 6) is 0.840. The lowest BCUT2D eigenvalue weighted by Gasteiger charge is -2.11. The van der Waals surface area contributed by atoms with Gasteiger partial charge in [-0.1, -0.05) is 25.1 Å². The van der Waals surface area contributed by atoms with Crippen molar-refractivity contribution >= 4 is 5.65 Å². The van der Waals surface area contributed by atoms with Gasteiger partial charge in [0.05, 0.1) is 24.6 Å². The number of imidazole rings is 1. The fourth-order valence-corrected chi connectivity index (χ4v) is 2.68. The summed E-state index contributed by atoms with van der Waals surface area (Å²) >= 11 is 0. The van der Waals surface area contributed by atoms with Gasteiger partial charge in [-0.05, 0) is 36.2 Å². The fourth-order valence-electron chi connectivity index (χ4n) is 2.68. The zero-order valence-electron chi connectivity index (χ0n) is 12.9. The second-order valence-corrected chi connectivity index (χ2v) is 5.32. The first kappa shape index (κ1) is 14.6. The molecule has 4 nitrogen and oxygen atoms in total. The SMILES string of the molecule is CCC(O)c1c(Cc2ccc(OC)cc2)nc2ccccn12. The molecule has 114 valence electrons. The quantitative estimate of drug-likeness (QED) is 0.785. The normalized spacial score (nSPS) is 12.5. The molecular weight excluding hydrogens is 276 g/mol. The summed E-state index contributed by atoms with van der Waals surface area (Å²) in [6.45, 7) is 1.98. The van der Waals surface area contributed by atoms with E-state index in [4.69, 9.17) is 9.72 Å². The summed E-state index contributed by atoms with van der Waals surface area (Å²) in [6, 6.07) is 13.8. The number of fused-ring (bicyclic) bond motifs is 1. The van der Waals surface area contributed by atoms with E-state index in [1.165, 1.54) is 0 Å². The second kappa shape index (κ2) is 6.20. The molecule has 0 aliphatic heterocycles. The minimum atomic E-state index is -0.509. The highest BCUT2D eigenvalue weighted by molar-refractivity contribution is 5.45. The van der Waals surface area contributed by atoms with Crippen molar-refractivity contribution in [2.75, 3.05) is 7.11 Å². The van der Waals surface area contributed by atoms with E-state index in [2.05, 4.69) is 0 Å². The summed E-state index contributed by atoms with van der Waals surface area (Å²) in [4.78, 5) is 4.69. The fraction of sp³-hybridized carbons (Fsp3) is 0.278. The monoisotopic (exact) mass is 296 g/mol. The topological polar surface area (TPSA) is 46.8 Å². The molecule has 3 rings (SSSR count). The molecule has 0 spiro atoms. The molecule has 0 fully saturated rings. The maximum absolute atomic E-state index is 10.4. The minimum Gasteiger partial charge on any atom is -0.497 e. The molecule has 1 unspecified atom stereocenters. The average Bonchev–Trinajstić information content (AvgIpc) is 2.92. The first-order valence-electron chi connectivity index (χ1n) is 7.49. The Hall–Kier alpha value is -2.33. The van der Waals surface area contributed by atoms with Gasteiger partial charge >= 0.3 is 0 Å². The van der Waals surface area contributed by atoms with Crippen LogP contribution in [0.15, 0.2) is 48.7 Å². The van der Waals surface area contributed by atoms with Crippen molar-refractivity contribution < 1.29 is 9.84 Å². The van der Waals surface area contributed by atoms with Crippen molar-refractivity contribution in [2.24, 2.45) is 0 Å². The van der Waals surface area contributed by atoms with Crippen LogP contribution in [0.25, 0.3) is 5.65 Å². The summed E-state index contributed by atoms with van der Waals surface area (Å²) in [5, 5.41) is 10.4. The molecule has 4 heteroatoms. The summed E-state index contributed by atoms with van der Waals surface area (Å²) in [7, 11) is 1.66. The Bertz CT molecular complexity index is 762. The van der Waals surface area contributed by atoms with Gasteiger partial charge in [-0.3, -0.25) is 0 Å². The van der Waals surface area contributed by atoms with E-state index in [1.807, 2.05) is 60.0 Å². The lowest BCUT2D eigenvalue weighted by atomic mass is 10.1. The Morgan fingerprint density at radius 1 is 1.18 bits per heavy atom. The largest absolute Gasteiger partial charge is 0.497 e. The lowest BCUT2D eigenvalue weighted by Crippen LogP contribution is -2.04. The Balaban J connectivity index is 2.01. The zero-order valence-corrected chi connectivity index (χ0v) is 12.9. The summed E-state index contributed by atoms with van der Waals surface area (Å²) < 4.78 is 7.17. The van der Waals surface area contributed by atoms with Crippen LogP contribution in [0.3, 0.4) is 0 Å². The molecule has 0 aliphatic carbocycles. The standard InChI is InChI=1S/C18H20N2O2/c1-3-16(21)18-15(19-17-6-4-5-11-20(17)18)12-13-7-9-14(22-2)10-8-13/h4-11,16,21H,3,12H2,1-2H3. The van der Waals surface area contributed by atoms with E-state index in [1.54, 1.807) is 7.11 Å². The van der Waals surface area contributed by atoms with Crippen molar-refractivity contribution in [1.82, 2.24) is 9.38 Å². The van der Waals surface area contributed by atoms with E-state index in [-0.39, 0.29) is 0 Å². The number of aliphatic hydroxyl groups is 1. The number of ether oxygens (including phenoxy) is 1. The third-order valence-electron chi connectivity index (χ3n) is 3.88. The third kappa shape index (κ3) is 2.70. The predicted octanol–water partition coefficient (Wildman–Crippen LogP) is 3.38. The maximum atomic E-state index is 10.4. The van der Waals surface area contributed by atoms with Gasteiger partial charge in [-0.25, -0.2) is 4.98 Å². The van der Waals surface area contributed by atoms with Crippen molar-refractivity contribution in [2.45, 2.75) is 25.9 Å². The molecule has 22 heavy (non-hydrogen) atoms. The van der Waals surface area contributed by atoms with Gasteiger partial charge in [-0.15, -0.1) is 0 Å². The molecular formula is C18H20N2O2. The van der Waals surface area contributed by atoms with Gasteiger partial charge < -0.3 is 14.2 Å². The molecule has 1 N–H and O–H groups in total. The van der Waals surface area contributed by atoms with Gasteiger partial charge in [0.15, 0.2) is 0 Å². The molecule has 2 aromatic heterocycles. The Kier molecular flexibility index (Phi) is 4.11. The molecule has 0 radical (unpaired) electrons.